The van der Waals surface area contributed by atoms with E-state index in [1.54, 1.807) is 0 Å². The van der Waals surface area contributed by atoms with Crippen LogP contribution in [0, 0.1) is 17.8 Å². The van der Waals surface area contributed by atoms with E-state index in [9.17, 15) is 0 Å². The summed E-state index contributed by atoms with van der Waals surface area (Å²) in [5.74, 6) is 2.78. The Hall–Kier alpha value is -0.0400. The predicted octanol–water partition coefficient (Wildman–Crippen LogP) is 4.33. The highest BCUT2D eigenvalue weighted by Crippen LogP contribution is 2.25. The predicted molar refractivity (Wildman–Crippen MR) is 72.3 cm³/mol. The molecule has 0 aliphatic carbocycles. The lowest BCUT2D eigenvalue weighted by Crippen LogP contribution is -2.13. The largest absolute Gasteiger partial charge is 0.316 e. The van der Waals surface area contributed by atoms with Crippen molar-refractivity contribution in [2.45, 2.75) is 61.3 Å². The SMILES string of the molecule is CC.CC.CCC1CNCC1CC(C)C. The minimum atomic E-state index is 0.869. The van der Waals surface area contributed by atoms with Crippen molar-refractivity contribution in [1.82, 2.24) is 5.32 Å². The molecule has 1 aliphatic rings. The van der Waals surface area contributed by atoms with Gasteiger partial charge in [-0.1, -0.05) is 54.9 Å². The molecule has 0 aromatic rings. The van der Waals surface area contributed by atoms with Crippen molar-refractivity contribution in [3.05, 3.63) is 0 Å². The fourth-order valence-corrected chi connectivity index (χ4v) is 2.15. The van der Waals surface area contributed by atoms with Gasteiger partial charge in [0.1, 0.15) is 0 Å². The van der Waals surface area contributed by atoms with Crippen LogP contribution in [-0.4, -0.2) is 13.1 Å². The van der Waals surface area contributed by atoms with E-state index < -0.39 is 0 Å². The van der Waals surface area contributed by atoms with Crippen molar-refractivity contribution in [2.75, 3.05) is 13.1 Å². The lowest BCUT2D eigenvalue weighted by Gasteiger charge is -2.18. The summed E-state index contributed by atoms with van der Waals surface area (Å²) in [6, 6.07) is 0. The van der Waals surface area contributed by atoms with Gasteiger partial charge in [0.05, 0.1) is 0 Å². The Balaban J connectivity index is 0. The summed E-state index contributed by atoms with van der Waals surface area (Å²) < 4.78 is 0. The smallest absolute Gasteiger partial charge is 0.00172 e. The van der Waals surface area contributed by atoms with Gasteiger partial charge in [0.2, 0.25) is 0 Å². The maximum atomic E-state index is 3.48. The molecule has 0 aromatic carbocycles. The molecule has 94 valence electrons. The Kier molecular flexibility index (Phi) is 13.9. The van der Waals surface area contributed by atoms with E-state index in [0.29, 0.717) is 0 Å². The molecule has 1 aliphatic heterocycles. The highest BCUT2D eigenvalue weighted by molar-refractivity contribution is 4.80. The highest BCUT2D eigenvalue weighted by Gasteiger charge is 2.25. The number of hydrogen-bond donors (Lipinski definition) is 1. The van der Waals surface area contributed by atoms with E-state index in [4.69, 9.17) is 0 Å². The van der Waals surface area contributed by atoms with E-state index >= 15 is 0 Å². The van der Waals surface area contributed by atoms with Crippen molar-refractivity contribution < 1.29 is 0 Å². The van der Waals surface area contributed by atoms with Gasteiger partial charge in [-0.15, -0.1) is 0 Å². The molecule has 15 heavy (non-hydrogen) atoms. The maximum Gasteiger partial charge on any atom is -0.00172 e. The molecular weight excluding hydrogens is 182 g/mol. The van der Waals surface area contributed by atoms with Gasteiger partial charge >= 0.3 is 0 Å². The molecule has 1 nitrogen and oxygen atoms in total. The third kappa shape index (κ3) is 7.84. The van der Waals surface area contributed by atoms with Gasteiger partial charge in [-0.05, 0) is 37.3 Å². The fourth-order valence-electron chi connectivity index (χ4n) is 2.15. The Morgan fingerprint density at radius 1 is 1.00 bits per heavy atom. The normalized spacial score (nSPS) is 24.0. The molecule has 0 radical (unpaired) electrons. The maximum absolute atomic E-state index is 3.48. The summed E-state index contributed by atoms with van der Waals surface area (Å²) in [6.07, 6.45) is 2.76. The fraction of sp³-hybridized carbons (Fsp3) is 1.00. The van der Waals surface area contributed by atoms with Gasteiger partial charge in [0.15, 0.2) is 0 Å². The van der Waals surface area contributed by atoms with E-state index in [2.05, 4.69) is 26.1 Å². The van der Waals surface area contributed by atoms with Crippen LogP contribution in [0.1, 0.15) is 61.3 Å². The van der Waals surface area contributed by atoms with Crippen LogP contribution in [-0.2, 0) is 0 Å². The first-order chi connectivity index (χ1) is 7.24. The minimum absolute atomic E-state index is 0.869. The van der Waals surface area contributed by atoms with Crippen LogP contribution in [0.15, 0.2) is 0 Å². The van der Waals surface area contributed by atoms with Crippen LogP contribution in [0.25, 0.3) is 0 Å². The third-order valence-corrected chi connectivity index (χ3v) is 2.78. The Morgan fingerprint density at radius 3 is 1.87 bits per heavy atom. The molecule has 0 bridgehead atoms. The summed E-state index contributed by atoms with van der Waals surface area (Å²) in [5.41, 5.74) is 0. The first-order valence-electron chi connectivity index (χ1n) is 6.94. The molecule has 0 saturated carbocycles. The summed E-state index contributed by atoms with van der Waals surface area (Å²) >= 11 is 0. The highest BCUT2D eigenvalue weighted by atomic mass is 14.9. The topological polar surface area (TPSA) is 12.0 Å². The molecular formula is C14H33N. The number of rotatable bonds is 3. The first kappa shape index (κ1) is 17.4. The molecule has 1 heterocycles. The Labute approximate surface area is 98.0 Å². The van der Waals surface area contributed by atoms with Crippen LogP contribution >= 0.6 is 0 Å². The van der Waals surface area contributed by atoms with Crippen LogP contribution in [0.5, 0.6) is 0 Å². The monoisotopic (exact) mass is 215 g/mol. The van der Waals surface area contributed by atoms with Crippen molar-refractivity contribution in [2.24, 2.45) is 17.8 Å². The molecule has 1 saturated heterocycles. The van der Waals surface area contributed by atoms with E-state index in [1.807, 2.05) is 27.7 Å². The Morgan fingerprint density at radius 2 is 1.47 bits per heavy atom. The second-order valence-corrected chi connectivity index (χ2v) is 4.22. The van der Waals surface area contributed by atoms with E-state index in [0.717, 1.165) is 17.8 Å². The second-order valence-electron chi connectivity index (χ2n) is 4.22. The van der Waals surface area contributed by atoms with Gasteiger partial charge in [0.25, 0.3) is 0 Å². The number of nitrogens with one attached hydrogen (secondary N) is 1. The molecule has 2 atom stereocenters. The molecule has 0 amide bonds. The van der Waals surface area contributed by atoms with E-state index in [-0.39, 0.29) is 0 Å². The molecule has 0 aromatic heterocycles. The standard InChI is InChI=1S/C10H21N.2C2H6/c1-4-9-6-11-7-10(9)5-8(2)3;2*1-2/h8-11H,4-7H2,1-3H3;2*1-2H3. The lowest BCUT2D eigenvalue weighted by atomic mass is 9.87. The van der Waals surface area contributed by atoms with Crippen molar-refractivity contribution in [3.8, 4) is 0 Å². The second kappa shape index (κ2) is 12.0. The van der Waals surface area contributed by atoms with Gasteiger partial charge in [0, 0.05) is 0 Å². The average molecular weight is 215 g/mol. The van der Waals surface area contributed by atoms with Gasteiger partial charge in [-0.2, -0.15) is 0 Å². The van der Waals surface area contributed by atoms with Crippen LogP contribution in [0.3, 0.4) is 0 Å². The molecule has 1 N–H and O–H groups in total. The summed E-state index contributed by atoms with van der Waals surface area (Å²) in [6.45, 7) is 17.5. The molecule has 2 unspecified atom stereocenters. The molecule has 1 rings (SSSR count). The van der Waals surface area contributed by atoms with Crippen molar-refractivity contribution in [1.29, 1.82) is 0 Å². The summed E-state index contributed by atoms with van der Waals surface area (Å²) in [4.78, 5) is 0. The Bertz CT molecular complexity index is 110. The van der Waals surface area contributed by atoms with Crippen LogP contribution in [0.4, 0.5) is 0 Å². The summed E-state index contributed by atoms with van der Waals surface area (Å²) in [5, 5.41) is 3.48. The van der Waals surface area contributed by atoms with Crippen LogP contribution < -0.4 is 5.32 Å². The van der Waals surface area contributed by atoms with Gasteiger partial charge < -0.3 is 5.32 Å². The van der Waals surface area contributed by atoms with Crippen molar-refractivity contribution in [3.63, 3.8) is 0 Å². The summed E-state index contributed by atoms with van der Waals surface area (Å²) in [7, 11) is 0. The molecule has 1 heteroatoms. The van der Waals surface area contributed by atoms with Gasteiger partial charge in [-0.25, -0.2) is 0 Å². The molecule has 0 spiro atoms. The zero-order chi connectivity index (χ0) is 12.3. The van der Waals surface area contributed by atoms with Crippen molar-refractivity contribution >= 4 is 0 Å². The number of hydrogen-bond acceptors (Lipinski definition) is 1. The zero-order valence-electron chi connectivity index (χ0n) is 12.1. The zero-order valence-corrected chi connectivity index (χ0v) is 12.1. The first-order valence-corrected chi connectivity index (χ1v) is 6.94. The quantitative estimate of drug-likeness (QED) is 0.739. The minimum Gasteiger partial charge on any atom is -0.316 e. The average Bonchev–Trinajstić information content (AvgIpc) is 2.70. The van der Waals surface area contributed by atoms with Gasteiger partial charge in [-0.3, -0.25) is 0 Å². The van der Waals surface area contributed by atoms with E-state index in [1.165, 1.54) is 25.9 Å². The lowest BCUT2D eigenvalue weighted by molar-refractivity contribution is 0.340. The molecule has 1 fully saturated rings. The third-order valence-electron chi connectivity index (χ3n) is 2.78. The van der Waals surface area contributed by atoms with Crippen LogP contribution in [0.2, 0.25) is 0 Å².